The molecular formula is C16H20N2S. The number of para-hydroxylation sites is 1. The maximum atomic E-state index is 3.56. The van der Waals surface area contributed by atoms with Gasteiger partial charge in [-0.3, -0.25) is 0 Å². The van der Waals surface area contributed by atoms with Crippen LogP contribution in [-0.2, 0) is 25.9 Å². The van der Waals surface area contributed by atoms with Crippen LogP contribution in [0.4, 0.5) is 5.69 Å². The summed E-state index contributed by atoms with van der Waals surface area (Å²) in [6.45, 7) is 5.20. The normalized spacial score (nSPS) is 13.3. The zero-order valence-electron chi connectivity index (χ0n) is 11.3. The van der Waals surface area contributed by atoms with Gasteiger partial charge in [0.1, 0.15) is 0 Å². The second kappa shape index (κ2) is 5.76. The van der Waals surface area contributed by atoms with Gasteiger partial charge < -0.3 is 10.6 Å². The van der Waals surface area contributed by atoms with Gasteiger partial charge in [-0.2, -0.15) is 0 Å². The molecule has 19 heavy (non-hydrogen) atoms. The summed E-state index contributed by atoms with van der Waals surface area (Å²) < 4.78 is 0. The van der Waals surface area contributed by atoms with E-state index in [0.29, 0.717) is 0 Å². The molecule has 2 aromatic rings. The van der Waals surface area contributed by atoms with Crippen molar-refractivity contribution in [3.05, 3.63) is 51.2 Å². The maximum absolute atomic E-state index is 3.56. The van der Waals surface area contributed by atoms with E-state index >= 15 is 0 Å². The maximum Gasteiger partial charge on any atom is 0.0419 e. The van der Waals surface area contributed by atoms with E-state index in [1.165, 1.54) is 26.6 Å². The quantitative estimate of drug-likeness (QED) is 0.869. The van der Waals surface area contributed by atoms with Gasteiger partial charge >= 0.3 is 0 Å². The summed E-state index contributed by atoms with van der Waals surface area (Å²) in [5.41, 5.74) is 4.21. The standard InChI is InChI=1S/C16H20N2S/c1-2-14-6-7-15(19-14)11-17-10-13-5-3-4-12-8-9-18-16(12)13/h3-7,17-18H,2,8-11H2,1H3. The number of hydrogen-bond acceptors (Lipinski definition) is 3. The van der Waals surface area contributed by atoms with Gasteiger partial charge in [-0.25, -0.2) is 0 Å². The first kappa shape index (κ1) is 12.7. The zero-order chi connectivity index (χ0) is 13.1. The lowest BCUT2D eigenvalue weighted by Crippen LogP contribution is -2.13. The third-order valence-corrected chi connectivity index (χ3v) is 4.84. The lowest BCUT2D eigenvalue weighted by atomic mass is 10.1. The smallest absolute Gasteiger partial charge is 0.0419 e. The van der Waals surface area contributed by atoms with Gasteiger partial charge in [0.2, 0.25) is 0 Å². The molecule has 100 valence electrons. The van der Waals surface area contributed by atoms with Crippen LogP contribution < -0.4 is 10.6 Å². The molecule has 0 fully saturated rings. The highest BCUT2D eigenvalue weighted by atomic mass is 32.1. The summed E-state index contributed by atoms with van der Waals surface area (Å²) in [4.78, 5) is 2.90. The molecule has 1 aliphatic rings. The Labute approximate surface area is 118 Å². The average molecular weight is 272 g/mol. The Hall–Kier alpha value is -1.32. The SMILES string of the molecule is CCc1ccc(CNCc2cccc3c2NCC3)s1. The largest absolute Gasteiger partial charge is 0.384 e. The van der Waals surface area contributed by atoms with Crippen LogP contribution in [0.3, 0.4) is 0 Å². The van der Waals surface area contributed by atoms with E-state index in [1.807, 2.05) is 11.3 Å². The Morgan fingerprint density at radius 3 is 2.89 bits per heavy atom. The molecule has 1 aliphatic heterocycles. The number of benzene rings is 1. The molecule has 0 radical (unpaired) electrons. The number of nitrogens with one attached hydrogen (secondary N) is 2. The summed E-state index contributed by atoms with van der Waals surface area (Å²) in [5, 5.41) is 7.05. The molecule has 0 unspecified atom stereocenters. The van der Waals surface area contributed by atoms with Crippen molar-refractivity contribution >= 4 is 17.0 Å². The molecule has 0 saturated carbocycles. The fourth-order valence-electron chi connectivity index (χ4n) is 2.59. The van der Waals surface area contributed by atoms with E-state index in [-0.39, 0.29) is 0 Å². The van der Waals surface area contributed by atoms with Gasteiger partial charge in [0, 0.05) is 35.1 Å². The molecule has 0 bridgehead atoms. The summed E-state index contributed by atoms with van der Waals surface area (Å²) >= 11 is 1.92. The lowest BCUT2D eigenvalue weighted by Gasteiger charge is -2.09. The van der Waals surface area contributed by atoms with Crippen molar-refractivity contribution in [2.75, 3.05) is 11.9 Å². The van der Waals surface area contributed by atoms with E-state index in [2.05, 4.69) is 47.9 Å². The molecule has 0 spiro atoms. The molecule has 0 amide bonds. The molecule has 1 aromatic heterocycles. The number of rotatable bonds is 5. The molecule has 3 heteroatoms. The van der Waals surface area contributed by atoms with Crippen molar-refractivity contribution in [2.24, 2.45) is 0 Å². The Morgan fingerprint density at radius 1 is 1.16 bits per heavy atom. The fraction of sp³-hybridized carbons (Fsp3) is 0.375. The van der Waals surface area contributed by atoms with Crippen LogP contribution in [0.25, 0.3) is 0 Å². The minimum absolute atomic E-state index is 0.940. The highest BCUT2D eigenvalue weighted by molar-refractivity contribution is 7.11. The molecule has 0 saturated heterocycles. The average Bonchev–Trinajstić information content (AvgIpc) is 3.07. The van der Waals surface area contributed by atoms with Crippen LogP contribution in [0.15, 0.2) is 30.3 Å². The van der Waals surface area contributed by atoms with Gasteiger partial charge in [-0.1, -0.05) is 25.1 Å². The monoisotopic (exact) mass is 272 g/mol. The zero-order valence-corrected chi connectivity index (χ0v) is 12.1. The third kappa shape index (κ3) is 2.82. The predicted molar refractivity (Wildman–Crippen MR) is 82.9 cm³/mol. The summed E-state index contributed by atoms with van der Waals surface area (Å²) in [6.07, 6.45) is 2.30. The Bertz CT molecular complexity index is 560. The van der Waals surface area contributed by atoms with Gasteiger partial charge in [0.25, 0.3) is 0 Å². The summed E-state index contributed by atoms with van der Waals surface area (Å²) in [7, 11) is 0. The predicted octanol–water partition coefficient (Wildman–Crippen LogP) is 3.57. The van der Waals surface area contributed by atoms with Gasteiger partial charge in [0.15, 0.2) is 0 Å². The van der Waals surface area contributed by atoms with E-state index in [9.17, 15) is 0 Å². The Morgan fingerprint density at radius 2 is 2.05 bits per heavy atom. The number of hydrogen-bond donors (Lipinski definition) is 2. The Balaban J connectivity index is 1.59. The van der Waals surface area contributed by atoms with Crippen LogP contribution in [0.1, 0.15) is 27.8 Å². The van der Waals surface area contributed by atoms with Gasteiger partial charge in [0.05, 0.1) is 0 Å². The molecule has 0 aliphatic carbocycles. The molecule has 2 N–H and O–H groups in total. The third-order valence-electron chi connectivity index (χ3n) is 3.61. The minimum Gasteiger partial charge on any atom is -0.384 e. The summed E-state index contributed by atoms with van der Waals surface area (Å²) in [6, 6.07) is 11.1. The van der Waals surface area contributed by atoms with Crippen LogP contribution in [0.5, 0.6) is 0 Å². The molecule has 1 aromatic carbocycles. The van der Waals surface area contributed by atoms with Crippen LogP contribution in [0.2, 0.25) is 0 Å². The van der Waals surface area contributed by atoms with Crippen molar-refractivity contribution < 1.29 is 0 Å². The lowest BCUT2D eigenvalue weighted by molar-refractivity contribution is 0.702. The molecule has 2 nitrogen and oxygen atoms in total. The topological polar surface area (TPSA) is 24.1 Å². The van der Waals surface area contributed by atoms with Crippen LogP contribution >= 0.6 is 11.3 Å². The highest BCUT2D eigenvalue weighted by Crippen LogP contribution is 2.26. The first-order valence-corrected chi connectivity index (χ1v) is 7.81. The molecule has 2 heterocycles. The van der Waals surface area contributed by atoms with Gasteiger partial charge in [-0.15, -0.1) is 11.3 Å². The van der Waals surface area contributed by atoms with E-state index in [1.54, 1.807) is 0 Å². The number of thiophene rings is 1. The van der Waals surface area contributed by atoms with E-state index in [0.717, 1.165) is 32.5 Å². The van der Waals surface area contributed by atoms with Crippen LogP contribution in [-0.4, -0.2) is 6.54 Å². The highest BCUT2D eigenvalue weighted by Gasteiger charge is 2.12. The van der Waals surface area contributed by atoms with Crippen molar-refractivity contribution in [1.82, 2.24) is 5.32 Å². The second-order valence-electron chi connectivity index (χ2n) is 4.95. The molecule has 3 rings (SSSR count). The minimum atomic E-state index is 0.940. The number of anilines is 1. The first-order valence-electron chi connectivity index (χ1n) is 6.99. The van der Waals surface area contributed by atoms with Gasteiger partial charge in [-0.05, 0) is 36.1 Å². The fourth-order valence-corrected chi connectivity index (χ4v) is 3.51. The van der Waals surface area contributed by atoms with Crippen molar-refractivity contribution in [2.45, 2.75) is 32.9 Å². The first-order chi connectivity index (χ1) is 9.36. The Kier molecular flexibility index (Phi) is 3.85. The van der Waals surface area contributed by atoms with Crippen molar-refractivity contribution in [3.8, 4) is 0 Å². The molecule has 0 atom stereocenters. The van der Waals surface area contributed by atoms with Crippen molar-refractivity contribution in [3.63, 3.8) is 0 Å². The van der Waals surface area contributed by atoms with Crippen LogP contribution in [0, 0.1) is 0 Å². The van der Waals surface area contributed by atoms with Crippen molar-refractivity contribution in [1.29, 1.82) is 0 Å². The van der Waals surface area contributed by atoms with E-state index in [4.69, 9.17) is 0 Å². The van der Waals surface area contributed by atoms with E-state index < -0.39 is 0 Å². The number of aryl methyl sites for hydroxylation is 1. The molecular weight excluding hydrogens is 252 g/mol. The number of fused-ring (bicyclic) bond motifs is 1. The second-order valence-corrected chi connectivity index (χ2v) is 6.21. The summed E-state index contributed by atoms with van der Waals surface area (Å²) in [5.74, 6) is 0.